The average Bonchev–Trinajstić information content (AvgIpc) is 4.04. The first kappa shape index (κ1) is 45.3. The molecule has 14 heteroatoms. The molecule has 2 aliphatic heterocycles. The van der Waals surface area contributed by atoms with Crippen LogP contribution in [-0.2, 0) is 20.2 Å². The Hall–Kier alpha value is -2.71. The average molecular weight is 943 g/mol. The predicted octanol–water partition coefficient (Wildman–Crippen LogP) is 3.49. The van der Waals surface area contributed by atoms with E-state index in [9.17, 15) is 25.9 Å². The molecule has 0 saturated carbocycles. The molecule has 0 fully saturated rings. The van der Waals surface area contributed by atoms with Gasteiger partial charge in [0, 0.05) is 0 Å². The molecule has 60 heavy (non-hydrogen) atoms. The van der Waals surface area contributed by atoms with Crippen molar-refractivity contribution in [1.82, 2.24) is 15.0 Å². The van der Waals surface area contributed by atoms with E-state index < -0.39 is 34.7 Å². The monoisotopic (exact) mass is 943 g/mol. The Kier molecular flexibility index (Phi) is 13.7. The maximum absolute atomic E-state index is 12.8. The van der Waals surface area contributed by atoms with Crippen LogP contribution in [0.3, 0.4) is 0 Å². The van der Waals surface area contributed by atoms with E-state index in [0.29, 0.717) is 42.4 Å². The predicted molar refractivity (Wildman–Crippen MR) is 229 cm³/mol. The van der Waals surface area contributed by atoms with Crippen molar-refractivity contribution in [2.75, 3.05) is 0 Å². The van der Waals surface area contributed by atoms with Crippen molar-refractivity contribution < 1.29 is 129 Å². The van der Waals surface area contributed by atoms with Crippen LogP contribution in [0.25, 0.3) is 88.4 Å². The molecule has 7 aromatic rings. The van der Waals surface area contributed by atoms with Gasteiger partial charge in [0.1, 0.15) is 0 Å². The molecule has 9 nitrogen and oxygen atoms in total. The number of rotatable bonds is 6. The van der Waals surface area contributed by atoms with Crippen LogP contribution in [0.15, 0.2) is 131 Å². The Morgan fingerprint density at radius 3 is 1.18 bits per heavy atom. The Morgan fingerprint density at radius 2 is 0.817 bits per heavy atom. The number of hydrogen-bond donors (Lipinski definition) is 1. The van der Waals surface area contributed by atoms with E-state index in [0.717, 1.165) is 44.4 Å². The molecule has 1 N–H and O–H groups in total. The second-order valence-electron chi connectivity index (χ2n) is 14.0. The fourth-order valence-electron chi connectivity index (χ4n) is 7.47. The second kappa shape index (κ2) is 18.2. The smallest absolute Gasteiger partial charge is 1.00 e. The Bertz CT molecular complexity index is 3090. The number of nitrogens with one attached hydrogen (secondary N) is 1. The first-order valence-corrected chi connectivity index (χ1v) is 22.7. The third-order valence-corrected chi connectivity index (χ3v) is 14.3. The van der Waals surface area contributed by atoms with Gasteiger partial charge in [0.05, 0.1) is 0 Å². The van der Waals surface area contributed by atoms with E-state index in [1.807, 2.05) is 111 Å². The molecule has 0 radical (unpaired) electrons. The molecule has 5 heterocycles. The number of aromatic amines is 1. The van der Waals surface area contributed by atoms with Crippen molar-refractivity contribution in [3.05, 3.63) is 155 Å². The van der Waals surface area contributed by atoms with Crippen LogP contribution in [0.4, 0.5) is 0 Å². The third-order valence-electron chi connectivity index (χ3n) is 10.2. The van der Waals surface area contributed by atoms with Gasteiger partial charge < -0.3 is 0 Å². The molecule has 4 aromatic carbocycles. The SMILES string of the molecule is Cc1ccc(-c2c3nc(c(-c4ccccc4S(=O)(=O)[O-])c4ccc([se]4)c(-c4ccccc4S(=O)(=O)[O-])c4nc(c(-c5ccc(C)cc5)c5ccc2[nH]5)C=C4)C=C3)cc1.[K+].[K+]. The van der Waals surface area contributed by atoms with Gasteiger partial charge in [-0.25, -0.2) is 0 Å². The van der Waals surface area contributed by atoms with E-state index in [2.05, 4.69) is 4.98 Å². The van der Waals surface area contributed by atoms with Gasteiger partial charge in [-0.15, -0.1) is 0 Å². The zero-order valence-corrected chi connectivity index (χ0v) is 42.5. The minimum atomic E-state index is -4.93. The first-order valence-electron chi connectivity index (χ1n) is 18.2. The summed E-state index contributed by atoms with van der Waals surface area (Å²) in [6, 6.07) is 36.1. The van der Waals surface area contributed by atoms with Crippen LogP contribution >= 0.6 is 0 Å². The quantitative estimate of drug-likeness (QED) is 0.197. The molecule has 0 saturated heterocycles. The van der Waals surface area contributed by atoms with Crippen molar-refractivity contribution in [2.24, 2.45) is 0 Å². The van der Waals surface area contributed by atoms with Crippen LogP contribution in [-0.4, -0.2) is 55.4 Å². The van der Waals surface area contributed by atoms with Gasteiger partial charge in [-0.2, -0.15) is 0 Å². The van der Waals surface area contributed by atoms with Crippen molar-refractivity contribution in [3.8, 4) is 44.5 Å². The maximum atomic E-state index is 12.8. The second-order valence-corrected chi connectivity index (χ2v) is 19.0. The summed E-state index contributed by atoms with van der Waals surface area (Å²) in [6.07, 6.45) is 7.41. The van der Waals surface area contributed by atoms with Crippen LogP contribution in [0, 0.1) is 13.8 Å². The number of H-pyrrole nitrogens is 1. The molecule has 0 unspecified atom stereocenters. The van der Waals surface area contributed by atoms with Crippen LogP contribution in [0.5, 0.6) is 0 Å². The van der Waals surface area contributed by atoms with Gasteiger partial charge in [-0.1, -0.05) is 0 Å². The fourth-order valence-corrected chi connectivity index (χ4v) is 11.2. The minimum absolute atomic E-state index is 0. The number of aromatic nitrogens is 3. The summed E-state index contributed by atoms with van der Waals surface area (Å²) in [6.45, 7) is 4.04. The number of hydrogen-bond acceptors (Lipinski definition) is 8. The topological polar surface area (TPSA) is 156 Å². The van der Waals surface area contributed by atoms with Crippen LogP contribution in [0.1, 0.15) is 33.9 Å². The fraction of sp³-hybridized carbons (Fsp3) is 0.0435. The Morgan fingerprint density at radius 1 is 0.467 bits per heavy atom. The molecule has 0 atom stereocenters. The van der Waals surface area contributed by atoms with Crippen molar-refractivity contribution in [1.29, 1.82) is 0 Å². The Labute approximate surface area is 438 Å². The molecule has 9 rings (SSSR count). The third kappa shape index (κ3) is 8.90. The molecule has 2 aliphatic rings. The maximum Gasteiger partial charge on any atom is 1.00 e. The first-order chi connectivity index (χ1) is 27.8. The standard InChI is InChI=1S/C46H33N3O6S2Se.2K/c1-27-11-15-29(16-12-27)43-33-19-20-34(47-33)44(30-17-13-28(2)14-18-30)36-22-24-38(49-36)46(32-8-4-6-10-40(32)57(53,54)55)42-26-25-41(58-42)45(37-23-21-35(43)48-37)31-7-3-5-9-39(31)56(50,51)52;;/h3-26,47H,1-2H3,(H,50,51,52)(H,53,54,55);;/q;2*+1/p-2. The minimum Gasteiger partial charge on any atom is 1.00 e. The summed E-state index contributed by atoms with van der Waals surface area (Å²) < 4.78 is 78.1. The van der Waals surface area contributed by atoms with Crippen molar-refractivity contribution >= 4 is 78.6 Å². The molecule has 3 aromatic heterocycles. The summed E-state index contributed by atoms with van der Waals surface area (Å²) in [5.74, 6) is 0. The van der Waals surface area contributed by atoms with Crippen LogP contribution in [0.2, 0.25) is 0 Å². The van der Waals surface area contributed by atoms with Gasteiger partial charge in [0.2, 0.25) is 0 Å². The zero-order chi connectivity index (χ0) is 40.3. The van der Waals surface area contributed by atoms with E-state index in [1.165, 1.54) is 24.3 Å². The summed E-state index contributed by atoms with van der Waals surface area (Å²) in [4.78, 5) is 13.3. The van der Waals surface area contributed by atoms with Gasteiger partial charge in [-0.3, -0.25) is 0 Å². The molecule has 286 valence electrons. The van der Waals surface area contributed by atoms with Crippen molar-refractivity contribution in [3.63, 3.8) is 0 Å². The number of benzene rings is 4. The summed E-state index contributed by atoms with van der Waals surface area (Å²) >= 11 is -0.641. The largest absolute Gasteiger partial charge is 1.00 e. The number of fused-ring (bicyclic) bond motifs is 8. The number of nitrogens with zero attached hydrogens (tertiary/aromatic N) is 2. The molecule has 0 spiro atoms. The zero-order valence-electron chi connectivity index (χ0n) is 32.9. The summed E-state index contributed by atoms with van der Waals surface area (Å²) in [7, 11) is -9.87. The summed E-state index contributed by atoms with van der Waals surface area (Å²) in [5, 5.41) is 0. The normalized spacial score (nSPS) is 12.2. The van der Waals surface area contributed by atoms with Crippen molar-refractivity contribution in [2.45, 2.75) is 23.6 Å². The summed E-state index contributed by atoms with van der Waals surface area (Å²) in [5.41, 5.74) is 10.6. The Balaban J connectivity index is 0.00000272. The van der Waals surface area contributed by atoms with E-state index in [4.69, 9.17) is 9.97 Å². The van der Waals surface area contributed by atoms with Gasteiger partial charge in [0.15, 0.2) is 0 Å². The molecular weight excluding hydrogens is 912 g/mol. The molecule has 0 aliphatic carbocycles. The van der Waals surface area contributed by atoms with Crippen LogP contribution < -0.4 is 103 Å². The van der Waals surface area contributed by atoms with Gasteiger partial charge in [0.25, 0.3) is 0 Å². The van der Waals surface area contributed by atoms with E-state index in [-0.39, 0.29) is 124 Å². The van der Waals surface area contributed by atoms with E-state index >= 15 is 0 Å². The van der Waals surface area contributed by atoms with Gasteiger partial charge in [-0.05, 0) is 0 Å². The van der Waals surface area contributed by atoms with E-state index in [1.54, 1.807) is 24.3 Å². The molecular formula is C46H31K2N3O6S2Se. The number of aryl methyl sites for hydroxylation is 2. The molecule has 0 amide bonds. The van der Waals surface area contributed by atoms with Gasteiger partial charge >= 0.3 is 446 Å². The molecule has 8 bridgehead atoms.